The molecule has 0 aromatic carbocycles. The van der Waals surface area contributed by atoms with Gasteiger partial charge in [0.1, 0.15) is 0 Å². The summed E-state index contributed by atoms with van der Waals surface area (Å²) in [7, 11) is 0. The minimum Gasteiger partial charge on any atom is -0.481 e. The molecule has 2 atom stereocenters. The lowest BCUT2D eigenvalue weighted by Crippen LogP contribution is -2.36. The Balaban J connectivity index is 1.69. The number of hydrogen-bond acceptors (Lipinski definition) is 3. The standard InChI is InChI=1S/C13H22N2O3/c16-12(7-9-3-5-14-6-4-9)15-11-2-1-10(8-11)13(17)18/h9-11,14H,1-8H2,(H,15,16)(H,17,18)/t10-,11+/m1/s1. The van der Waals surface area contributed by atoms with Crippen molar-refractivity contribution in [2.45, 2.75) is 44.6 Å². The monoisotopic (exact) mass is 254 g/mol. The van der Waals surface area contributed by atoms with Gasteiger partial charge in [0.05, 0.1) is 5.92 Å². The highest BCUT2D eigenvalue weighted by molar-refractivity contribution is 5.77. The zero-order valence-electron chi connectivity index (χ0n) is 10.7. The van der Waals surface area contributed by atoms with Crippen molar-refractivity contribution in [1.29, 1.82) is 0 Å². The molecular formula is C13H22N2O3. The molecule has 0 spiro atoms. The molecule has 102 valence electrons. The zero-order valence-corrected chi connectivity index (χ0v) is 10.7. The van der Waals surface area contributed by atoms with Crippen LogP contribution in [0.1, 0.15) is 38.5 Å². The minimum absolute atomic E-state index is 0.0697. The summed E-state index contributed by atoms with van der Waals surface area (Å²) in [5.41, 5.74) is 0. The molecule has 1 aliphatic carbocycles. The fourth-order valence-corrected chi connectivity index (χ4v) is 2.97. The molecule has 0 aromatic rings. The molecule has 1 heterocycles. The maximum atomic E-state index is 11.9. The Morgan fingerprint density at radius 1 is 1.17 bits per heavy atom. The van der Waals surface area contributed by atoms with Gasteiger partial charge in [-0.15, -0.1) is 0 Å². The van der Waals surface area contributed by atoms with Gasteiger partial charge < -0.3 is 15.7 Å². The van der Waals surface area contributed by atoms with E-state index >= 15 is 0 Å². The van der Waals surface area contributed by atoms with Gasteiger partial charge in [0, 0.05) is 12.5 Å². The second kappa shape index (κ2) is 6.18. The van der Waals surface area contributed by atoms with Crippen molar-refractivity contribution in [3.63, 3.8) is 0 Å². The van der Waals surface area contributed by atoms with E-state index in [9.17, 15) is 9.59 Å². The average molecular weight is 254 g/mol. The molecule has 2 aliphatic rings. The Bertz CT molecular complexity index is 313. The van der Waals surface area contributed by atoms with Crippen LogP contribution in [-0.2, 0) is 9.59 Å². The number of hydrogen-bond donors (Lipinski definition) is 3. The van der Waals surface area contributed by atoms with E-state index in [0.717, 1.165) is 32.4 Å². The minimum atomic E-state index is -0.731. The number of carbonyl (C=O) groups excluding carboxylic acids is 1. The number of aliphatic carboxylic acids is 1. The topological polar surface area (TPSA) is 78.4 Å². The van der Waals surface area contributed by atoms with Crippen LogP contribution in [0.15, 0.2) is 0 Å². The first-order valence-corrected chi connectivity index (χ1v) is 6.88. The van der Waals surface area contributed by atoms with Crippen molar-refractivity contribution in [1.82, 2.24) is 10.6 Å². The molecular weight excluding hydrogens is 232 g/mol. The molecule has 1 aliphatic heterocycles. The number of carboxylic acid groups (broad SMARTS) is 1. The van der Waals surface area contributed by atoms with Gasteiger partial charge in [0.25, 0.3) is 0 Å². The van der Waals surface area contributed by atoms with Crippen LogP contribution >= 0.6 is 0 Å². The molecule has 2 fully saturated rings. The maximum absolute atomic E-state index is 11.9. The summed E-state index contributed by atoms with van der Waals surface area (Å²) in [5.74, 6) is -0.417. The zero-order chi connectivity index (χ0) is 13.0. The third kappa shape index (κ3) is 3.70. The predicted octanol–water partition coefficient (Wildman–Crippen LogP) is 0.746. The summed E-state index contributed by atoms with van der Waals surface area (Å²) in [6.07, 6.45) is 4.80. The lowest BCUT2D eigenvalue weighted by Gasteiger charge is -2.22. The van der Waals surface area contributed by atoms with Gasteiger partial charge in [-0.05, 0) is 51.1 Å². The van der Waals surface area contributed by atoms with Crippen LogP contribution in [-0.4, -0.2) is 36.1 Å². The number of amides is 1. The molecule has 0 radical (unpaired) electrons. The molecule has 5 nitrogen and oxygen atoms in total. The highest BCUT2D eigenvalue weighted by atomic mass is 16.4. The van der Waals surface area contributed by atoms with Gasteiger partial charge >= 0.3 is 5.97 Å². The molecule has 1 amide bonds. The average Bonchev–Trinajstić information content (AvgIpc) is 2.78. The molecule has 3 N–H and O–H groups in total. The smallest absolute Gasteiger partial charge is 0.306 e. The van der Waals surface area contributed by atoms with Crippen LogP contribution in [0.4, 0.5) is 0 Å². The summed E-state index contributed by atoms with van der Waals surface area (Å²) in [5, 5.41) is 15.2. The van der Waals surface area contributed by atoms with Crippen molar-refractivity contribution in [3.05, 3.63) is 0 Å². The molecule has 18 heavy (non-hydrogen) atoms. The van der Waals surface area contributed by atoms with E-state index in [1.165, 1.54) is 0 Å². The van der Waals surface area contributed by atoms with E-state index in [1.54, 1.807) is 0 Å². The molecule has 1 saturated heterocycles. The molecule has 1 saturated carbocycles. The summed E-state index contributed by atoms with van der Waals surface area (Å²) in [6.45, 7) is 2.00. The summed E-state index contributed by atoms with van der Waals surface area (Å²) < 4.78 is 0. The Morgan fingerprint density at radius 3 is 2.50 bits per heavy atom. The maximum Gasteiger partial charge on any atom is 0.306 e. The number of piperidine rings is 1. The Kier molecular flexibility index (Phi) is 4.58. The summed E-state index contributed by atoms with van der Waals surface area (Å²) in [4.78, 5) is 22.7. The second-order valence-corrected chi connectivity index (χ2v) is 5.51. The first kappa shape index (κ1) is 13.3. The van der Waals surface area contributed by atoms with Gasteiger partial charge in [0.15, 0.2) is 0 Å². The third-order valence-electron chi connectivity index (χ3n) is 4.08. The Labute approximate surface area is 107 Å². The van der Waals surface area contributed by atoms with Crippen LogP contribution in [0.2, 0.25) is 0 Å². The molecule has 0 aromatic heterocycles. The SMILES string of the molecule is O=C(CC1CCNCC1)N[C@H]1CC[C@@H](C(=O)O)C1. The van der Waals surface area contributed by atoms with Crippen molar-refractivity contribution in [3.8, 4) is 0 Å². The lowest BCUT2D eigenvalue weighted by atomic mass is 9.94. The highest BCUT2D eigenvalue weighted by Gasteiger charge is 2.30. The predicted molar refractivity (Wildman–Crippen MR) is 67.1 cm³/mol. The fraction of sp³-hybridized carbons (Fsp3) is 0.846. The van der Waals surface area contributed by atoms with E-state index in [1.807, 2.05) is 0 Å². The largest absolute Gasteiger partial charge is 0.481 e. The van der Waals surface area contributed by atoms with Gasteiger partial charge in [0.2, 0.25) is 5.91 Å². The normalized spacial score (nSPS) is 29.1. The fourth-order valence-electron chi connectivity index (χ4n) is 2.97. The van der Waals surface area contributed by atoms with Crippen LogP contribution in [0.5, 0.6) is 0 Å². The van der Waals surface area contributed by atoms with Gasteiger partial charge in [-0.2, -0.15) is 0 Å². The Morgan fingerprint density at radius 2 is 1.89 bits per heavy atom. The quantitative estimate of drug-likeness (QED) is 0.691. The number of carbonyl (C=O) groups is 2. The van der Waals surface area contributed by atoms with Crippen LogP contribution in [0.25, 0.3) is 0 Å². The molecule has 0 unspecified atom stereocenters. The van der Waals surface area contributed by atoms with E-state index in [2.05, 4.69) is 10.6 Å². The van der Waals surface area contributed by atoms with Gasteiger partial charge in [-0.1, -0.05) is 0 Å². The van der Waals surface area contributed by atoms with E-state index in [4.69, 9.17) is 5.11 Å². The number of nitrogens with one attached hydrogen (secondary N) is 2. The highest BCUT2D eigenvalue weighted by Crippen LogP contribution is 2.26. The van der Waals surface area contributed by atoms with E-state index < -0.39 is 5.97 Å². The van der Waals surface area contributed by atoms with Crippen molar-refractivity contribution in [2.75, 3.05) is 13.1 Å². The van der Waals surface area contributed by atoms with Crippen LogP contribution < -0.4 is 10.6 Å². The lowest BCUT2D eigenvalue weighted by molar-refractivity contribution is -0.141. The number of rotatable bonds is 4. The van der Waals surface area contributed by atoms with E-state index in [-0.39, 0.29) is 17.9 Å². The first-order chi connectivity index (χ1) is 8.65. The summed E-state index contributed by atoms with van der Waals surface area (Å²) >= 11 is 0. The number of carboxylic acids is 1. The van der Waals surface area contributed by atoms with Crippen molar-refractivity contribution in [2.24, 2.45) is 11.8 Å². The first-order valence-electron chi connectivity index (χ1n) is 6.88. The summed E-state index contributed by atoms with van der Waals surface area (Å²) in [6, 6.07) is 0.0697. The van der Waals surface area contributed by atoms with Crippen molar-refractivity contribution < 1.29 is 14.7 Å². The molecule has 0 bridgehead atoms. The van der Waals surface area contributed by atoms with Crippen LogP contribution in [0, 0.1) is 11.8 Å². The van der Waals surface area contributed by atoms with Gasteiger partial charge in [-0.3, -0.25) is 9.59 Å². The Hall–Kier alpha value is -1.10. The van der Waals surface area contributed by atoms with Crippen LogP contribution in [0.3, 0.4) is 0 Å². The van der Waals surface area contributed by atoms with E-state index in [0.29, 0.717) is 25.2 Å². The van der Waals surface area contributed by atoms with Crippen molar-refractivity contribution >= 4 is 11.9 Å². The molecule has 2 rings (SSSR count). The third-order valence-corrected chi connectivity index (χ3v) is 4.08. The molecule has 5 heteroatoms. The second-order valence-electron chi connectivity index (χ2n) is 5.51. The van der Waals surface area contributed by atoms with Gasteiger partial charge in [-0.25, -0.2) is 0 Å².